The lowest BCUT2D eigenvalue weighted by atomic mass is 10.1. The second-order valence-electron chi connectivity index (χ2n) is 3.69. The van der Waals surface area contributed by atoms with E-state index >= 15 is 0 Å². The molecule has 0 bridgehead atoms. The predicted octanol–water partition coefficient (Wildman–Crippen LogP) is 2.45. The van der Waals surface area contributed by atoms with Crippen molar-refractivity contribution in [2.45, 2.75) is 33.3 Å². The highest BCUT2D eigenvalue weighted by Crippen LogP contribution is 2.18. The molecule has 0 aliphatic heterocycles. The molecule has 78 valence electrons. The van der Waals surface area contributed by atoms with E-state index in [0.29, 0.717) is 6.42 Å². The normalized spacial score (nSPS) is 12.6. The molecule has 0 radical (unpaired) electrons. The van der Waals surface area contributed by atoms with Gasteiger partial charge in [0.2, 0.25) is 0 Å². The Morgan fingerprint density at radius 2 is 2.00 bits per heavy atom. The zero-order chi connectivity index (χ0) is 10.6. The first kappa shape index (κ1) is 11.1. The lowest BCUT2D eigenvalue weighted by molar-refractivity contribution is 0.168. The molecule has 0 aliphatic carbocycles. The van der Waals surface area contributed by atoms with E-state index in [1.165, 1.54) is 11.1 Å². The highest BCUT2D eigenvalue weighted by molar-refractivity contribution is 5.33. The molecule has 0 fully saturated rings. The van der Waals surface area contributed by atoms with Crippen LogP contribution in [-0.4, -0.2) is 17.8 Å². The van der Waals surface area contributed by atoms with Crippen molar-refractivity contribution in [3.63, 3.8) is 0 Å². The van der Waals surface area contributed by atoms with Crippen LogP contribution in [0.15, 0.2) is 18.2 Å². The first-order chi connectivity index (χ1) is 6.63. The highest BCUT2D eigenvalue weighted by atomic mass is 16.5. The van der Waals surface area contributed by atoms with Crippen LogP contribution in [0.2, 0.25) is 0 Å². The summed E-state index contributed by atoms with van der Waals surface area (Å²) in [5.74, 6) is 0.883. The maximum absolute atomic E-state index is 8.73. The summed E-state index contributed by atoms with van der Waals surface area (Å²) in [5.41, 5.74) is 2.51. The van der Waals surface area contributed by atoms with E-state index in [9.17, 15) is 0 Å². The van der Waals surface area contributed by atoms with Gasteiger partial charge in [0.1, 0.15) is 5.75 Å². The van der Waals surface area contributed by atoms with Crippen LogP contribution in [-0.2, 0) is 0 Å². The molecule has 0 aliphatic rings. The summed E-state index contributed by atoms with van der Waals surface area (Å²) in [4.78, 5) is 0. The Kier molecular flexibility index (Phi) is 3.96. The molecule has 0 saturated carbocycles. The number of aryl methyl sites for hydroxylation is 2. The number of rotatable bonds is 4. The molecule has 0 saturated heterocycles. The second kappa shape index (κ2) is 5.01. The largest absolute Gasteiger partial charge is 0.491 e. The van der Waals surface area contributed by atoms with E-state index in [-0.39, 0.29) is 12.7 Å². The average Bonchev–Trinajstić information content (AvgIpc) is 2.12. The number of ether oxygens (including phenoxy) is 1. The molecule has 2 nitrogen and oxygen atoms in total. The third kappa shape index (κ3) is 3.04. The van der Waals surface area contributed by atoms with E-state index in [1.54, 1.807) is 0 Å². The summed E-state index contributed by atoms with van der Waals surface area (Å²) in [7, 11) is 0. The Labute approximate surface area is 85.5 Å². The Morgan fingerprint density at radius 3 is 2.57 bits per heavy atom. The molecule has 0 heterocycles. The van der Waals surface area contributed by atoms with Crippen molar-refractivity contribution in [2.24, 2.45) is 0 Å². The standard InChI is InChI=1S/C12H18O2/c1-9-4-5-12(8-10(9)2)14-11(3)6-7-13/h4-5,8,11,13H,6-7H2,1-3H3. The molecular formula is C12H18O2. The molecule has 1 aromatic rings. The summed E-state index contributed by atoms with van der Waals surface area (Å²) < 4.78 is 5.63. The lowest BCUT2D eigenvalue weighted by Gasteiger charge is -2.14. The van der Waals surface area contributed by atoms with Gasteiger partial charge in [0, 0.05) is 13.0 Å². The predicted molar refractivity (Wildman–Crippen MR) is 57.7 cm³/mol. The molecule has 0 aromatic heterocycles. The van der Waals surface area contributed by atoms with E-state index in [4.69, 9.17) is 9.84 Å². The van der Waals surface area contributed by atoms with Crippen molar-refractivity contribution in [3.05, 3.63) is 29.3 Å². The number of hydrogen-bond acceptors (Lipinski definition) is 2. The molecule has 1 N–H and O–H groups in total. The van der Waals surface area contributed by atoms with Crippen molar-refractivity contribution in [3.8, 4) is 5.75 Å². The second-order valence-corrected chi connectivity index (χ2v) is 3.69. The van der Waals surface area contributed by atoms with Gasteiger partial charge in [-0.25, -0.2) is 0 Å². The van der Waals surface area contributed by atoms with Crippen molar-refractivity contribution in [1.82, 2.24) is 0 Å². The zero-order valence-electron chi connectivity index (χ0n) is 9.08. The minimum Gasteiger partial charge on any atom is -0.491 e. The average molecular weight is 194 g/mol. The van der Waals surface area contributed by atoms with Gasteiger partial charge in [0.25, 0.3) is 0 Å². The van der Waals surface area contributed by atoms with Crippen LogP contribution in [0.5, 0.6) is 5.75 Å². The minimum atomic E-state index is 0.0714. The van der Waals surface area contributed by atoms with Gasteiger partial charge in [-0.1, -0.05) is 6.07 Å². The molecule has 0 spiro atoms. The Hall–Kier alpha value is -1.02. The van der Waals surface area contributed by atoms with E-state index in [2.05, 4.69) is 19.9 Å². The van der Waals surface area contributed by atoms with E-state index < -0.39 is 0 Å². The highest BCUT2D eigenvalue weighted by Gasteiger charge is 2.03. The first-order valence-corrected chi connectivity index (χ1v) is 4.98. The first-order valence-electron chi connectivity index (χ1n) is 4.98. The molecule has 1 aromatic carbocycles. The Balaban J connectivity index is 2.63. The maximum atomic E-state index is 8.73. The molecular weight excluding hydrogens is 176 g/mol. The zero-order valence-corrected chi connectivity index (χ0v) is 9.08. The monoisotopic (exact) mass is 194 g/mol. The van der Waals surface area contributed by atoms with Crippen LogP contribution in [0.4, 0.5) is 0 Å². The quantitative estimate of drug-likeness (QED) is 0.797. The van der Waals surface area contributed by atoms with E-state index in [0.717, 1.165) is 5.75 Å². The van der Waals surface area contributed by atoms with Crippen LogP contribution in [0.1, 0.15) is 24.5 Å². The van der Waals surface area contributed by atoms with Crippen LogP contribution in [0.3, 0.4) is 0 Å². The summed E-state index contributed by atoms with van der Waals surface area (Å²) in [6.45, 7) is 6.28. The third-order valence-corrected chi connectivity index (χ3v) is 2.35. The fourth-order valence-electron chi connectivity index (χ4n) is 1.26. The maximum Gasteiger partial charge on any atom is 0.119 e. The van der Waals surface area contributed by atoms with Crippen LogP contribution < -0.4 is 4.74 Å². The van der Waals surface area contributed by atoms with Crippen molar-refractivity contribution >= 4 is 0 Å². The molecule has 0 amide bonds. The smallest absolute Gasteiger partial charge is 0.119 e. The van der Waals surface area contributed by atoms with Crippen LogP contribution in [0, 0.1) is 13.8 Å². The van der Waals surface area contributed by atoms with Gasteiger partial charge in [-0.3, -0.25) is 0 Å². The van der Waals surface area contributed by atoms with Gasteiger partial charge < -0.3 is 9.84 Å². The molecule has 14 heavy (non-hydrogen) atoms. The summed E-state index contributed by atoms with van der Waals surface area (Å²) in [6.07, 6.45) is 0.745. The molecule has 1 atom stereocenters. The van der Waals surface area contributed by atoms with Gasteiger partial charge in [-0.15, -0.1) is 0 Å². The van der Waals surface area contributed by atoms with Crippen molar-refractivity contribution in [2.75, 3.05) is 6.61 Å². The third-order valence-electron chi connectivity index (χ3n) is 2.35. The molecule has 1 unspecified atom stereocenters. The number of benzene rings is 1. The Morgan fingerprint density at radius 1 is 1.29 bits per heavy atom. The topological polar surface area (TPSA) is 29.5 Å². The fraction of sp³-hybridized carbons (Fsp3) is 0.500. The van der Waals surface area contributed by atoms with Crippen molar-refractivity contribution < 1.29 is 9.84 Å². The minimum absolute atomic E-state index is 0.0714. The molecule has 2 heteroatoms. The SMILES string of the molecule is Cc1ccc(OC(C)CCO)cc1C. The van der Waals surface area contributed by atoms with Gasteiger partial charge >= 0.3 is 0 Å². The van der Waals surface area contributed by atoms with Gasteiger partial charge in [0.15, 0.2) is 0 Å². The summed E-state index contributed by atoms with van der Waals surface area (Å²) in [5, 5.41) is 8.73. The van der Waals surface area contributed by atoms with Crippen molar-refractivity contribution in [1.29, 1.82) is 0 Å². The number of hydrogen-bond donors (Lipinski definition) is 1. The summed E-state index contributed by atoms with van der Waals surface area (Å²) in [6, 6.07) is 6.05. The van der Waals surface area contributed by atoms with Crippen LogP contribution in [0.25, 0.3) is 0 Å². The fourth-order valence-corrected chi connectivity index (χ4v) is 1.26. The molecule has 1 rings (SSSR count). The van der Waals surface area contributed by atoms with E-state index in [1.807, 2.05) is 19.1 Å². The van der Waals surface area contributed by atoms with Gasteiger partial charge in [-0.05, 0) is 44.0 Å². The lowest BCUT2D eigenvalue weighted by Crippen LogP contribution is -2.13. The Bertz CT molecular complexity index is 294. The number of aliphatic hydroxyl groups is 1. The number of aliphatic hydroxyl groups excluding tert-OH is 1. The van der Waals surface area contributed by atoms with Gasteiger partial charge in [0.05, 0.1) is 6.10 Å². The summed E-state index contributed by atoms with van der Waals surface area (Å²) >= 11 is 0. The van der Waals surface area contributed by atoms with Crippen LogP contribution >= 0.6 is 0 Å². The van der Waals surface area contributed by atoms with Gasteiger partial charge in [-0.2, -0.15) is 0 Å².